The van der Waals surface area contributed by atoms with Crippen LogP contribution in [0.2, 0.25) is 0 Å². The van der Waals surface area contributed by atoms with Crippen molar-refractivity contribution in [1.82, 2.24) is 15.1 Å². The molecule has 160 valence electrons. The topological polar surface area (TPSA) is 91.3 Å². The summed E-state index contributed by atoms with van der Waals surface area (Å²) >= 11 is 0. The third-order valence-corrected chi connectivity index (χ3v) is 5.87. The van der Waals surface area contributed by atoms with Gasteiger partial charge in [0.05, 0.1) is 33.0 Å². The number of hydrogen-bond acceptors (Lipinski definition) is 6. The number of aliphatic hydroxyl groups is 1. The van der Waals surface area contributed by atoms with Gasteiger partial charge in [0.15, 0.2) is 0 Å². The average Bonchev–Trinajstić information content (AvgIpc) is 2.97. The minimum absolute atomic E-state index is 0.0393. The van der Waals surface area contributed by atoms with Gasteiger partial charge in [0.25, 0.3) is 5.91 Å². The van der Waals surface area contributed by atoms with E-state index < -0.39 is 17.7 Å². The molecular formula is C22H27N3O5. The van der Waals surface area contributed by atoms with Crippen molar-refractivity contribution in [3.63, 3.8) is 0 Å². The Hall–Kier alpha value is -2.68. The second-order valence-electron chi connectivity index (χ2n) is 7.97. The highest BCUT2D eigenvalue weighted by molar-refractivity contribution is 6.07. The monoisotopic (exact) mass is 413 g/mol. The molecule has 2 fully saturated rings. The summed E-state index contributed by atoms with van der Waals surface area (Å²) in [6.07, 6.45) is -0.816. The van der Waals surface area contributed by atoms with Crippen molar-refractivity contribution in [2.45, 2.75) is 18.6 Å². The fourth-order valence-electron chi connectivity index (χ4n) is 4.07. The van der Waals surface area contributed by atoms with E-state index in [0.717, 1.165) is 34.5 Å². The highest BCUT2D eigenvalue weighted by Crippen LogP contribution is 2.32. The van der Waals surface area contributed by atoms with E-state index in [9.17, 15) is 14.7 Å². The molecule has 0 saturated carbocycles. The summed E-state index contributed by atoms with van der Waals surface area (Å²) in [6.45, 7) is 4.78. The molecule has 2 aromatic rings. The van der Waals surface area contributed by atoms with Crippen LogP contribution < -0.4 is 10.1 Å². The zero-order chi connectivity index (χ0) is 21.3. The maximum Gasteiger partial charge on any atom is 0.325 e. The molecular weight excluding hydrogens is 386 g/mol. The largest absolute Gasteiger partial charge is 0.497 e. The summed E-state index contributed by atoms with van der Waals surface area (Å²) in [7, 11) is 1.62. The third kappa shape index (κ3) is 3.86. The van der Waals surface area contributed by atoms with Gasteiger partial charge in [-0.05, 0) is 41.5 Å². The molecule has 0 bridgehead atoms. The molecule has 2 N–H and O–H groups in total. The first-order valence-corrected chi connectivity index (χ1v) is 10.1. The van der Waals surface area contributed by atoms with E-state index in [0.29, 0.717) is 25.3 Å². The Labute approximate surface area is 175 Å². The summed E-state index contributed by atoms with van der Waals surface area (Å²) in [5.41, 5.74) is -0.479. The van der Waals surface area contributed by atoms with Crippen LogP contribution in [0.25, 0.3) is 10.8 Å². The van der Waals surface area contributed by atoms with Crippen molar-refractivity contribution in [3.8, 4) is 5.75 Å². The van der Waals surface area contributed by atoms with Crippen LogP contribution in [0, 0.1) is 0 Å². The van der Waals surface area contributed by atoms with Gasteiger partial charge in [-0.3, -0.25) is 14.6 Å². The van der Waals surface area contributed by atoms with Gasteiger partial charge in [0, 0.05) is 19.6 Å². The lowest BCUT2D eigenvalue weighted by atomic mass is 9.90. The molecule has 4 rings (SSSR count). The van der Waals surface area contributed by atoms with E-state index in [1.54, 1.807) is 14.0 Å². The van der Waals surface area contributed by atoms with Crippen LogP contribution in [0.5, 0.6) is 5.75 Å². The number of carbonyl (C=O) groups is 2. The summed E-state index contributed by atoms with van der Waals surface area (Å²) in [6, 6.07) is 10.9. The van der Waals surface area contributed by atoms with Crippen LogP contribution >= 0.6 is 0 Å². The SMILES string of the molecule is COc1ccc2cc([C@]3(C)NC(=O)N(C[C@@H](O)CN4CCOCC4)C3=O)ccc2c1. The summed E-state index contributed by atoms with van der Waals surface area (Å²) in [5.74, 6) is 0.397. The first kappa shape index (κ1) is 20.6. The van der Waals surface area contributed by atoms with Crippen LogP contribution in [0.15, 0.2) is 36.4 Å². The number of benzene rings is 2. The minimum atomic E-state index is -1.18. The standard InChI is InChI=1S/C22H27N3O5/c1-22(17-5-3-16-12-19(29-2)6-4-15(16)11-17)20(27)25(21(28)23-22)14-18(26)13-24-7-9-30-10-8-24/h3-6,11-12,18,26H,7-10,13-14H2,1-2H3,(H,23,28)/t18-,22-/m0/s1. The summed E-state index contributed by atoms with van der Waals surface area (Å²) in [5, 5.41) is 15.2. The van der Waals surface area contributed by atoms with E-state index >= 15 is 0 Å². The average molecular weight is 413 g/mol. The number of carbonyl (C=O) groups excluding carboxylic acids is 2. The number of urea groups is 1. The molecule has 0 aliphatic carbocycles. The molecule has 0 spiro atoms. The number of nitrogens with zero attached hydrogens (tertiary/aromatic N) is 2. The summed E-state index contributed by atoms with van der Waals surface area (Å²) < 4.78 is 10.6. The van der Waals surface area contributed by atoms with Gasteiger partial charge in [-0.2, -0.15) is 0 Å². The Morgan fingerprint density at radius 2 is 1.83 bits per heavy atom. The second-order valence-corrected chi connectivity index (χ2v) is 7.97. The van der Waals surface area contributed by atoms with Crippen molar-refractivity contribution in [2.75, 3.05) is 46.5 Å². The van der Waals surface area contributed by atoms with Crippen molar-refractivity contribution >= 4 is 22.7 Å². The molecule has 2 aliphatic heterocycles. The Bertz CT molecular complexity index is 959. The van der Waals surface area contributed by atoms with Gasteiger partial charge in [-0.25, -0.2) is 4.79 Å². The highest BCUT2D eigenvalue weighted by Gasteiger charge is 2.49. The zero-order valence-electron chi connectivity index (χ0n) is 17.3. The Morgan fingerprint density at radius 1 is 1.13 bits per heavy atom. The van der Waals surface area contributed by atoms with Crippen LogP contribution in [0.1, 0.15) is 12.5 Å². The molecule has 30 heavy (non-hydrogen) atoms. The normalized spacial score (nSPS) is 23.6. The molecule has 8 nitrogen and oxygen atoms in total. The van der Waals surface area contributed by atoms with Crippen LogP contribution in [0.4, 0.5) is 4.79 Å². The lowest BCUT2D eigenvalue weighted by Gasteiger charge is -2.29. The molecule has 2 aromatic carbocycles. The second kappa shape index (κ2) is 8.22. The molecule has 8 heteroatoms. The van der Waals surface area contributed by atoms with Crippen molar-refractivity contribution in [2.24, 2.45) is 0 Å². The molecule has 2 saturated heterocycles. The molecule has 2 atom stereocenters. The Kier molecular flexibility index (Phi) is 5.64. The number of β-amino-alcohol motifs (C(OH)–C–C–N with tert-alkyl or cyclic N) is 1. The first-order chi connectivity index (χ1) is 14.4. The van der Waals surface area contributed by atoms with E-state index in [1.165, 1.54) is 0 Å². The molecule has 3 amide bonds. The lowest BCUT2D eigenvalue weighted by molar-refractivity contribution is -0.132. The van der Waals surface area contributed by atoms with E-state index in [-0.39, 0.29) is 12.5 Å². The third-order valence-electron chi connectivity index (χ3n) is 5.87. The molecule has 0 aromatic heterocycles. The molecule has 0 unspecified atom stereocenters. The van der Waals surface area contributed by atoms with Gasteiger partial charge in [0.2, 0.25) is 0 Å². The maximum absolute atomic E-state index is 13.2. The number of amides is 3. The van der Waals surface area contributed by atoms with E-state index in [1.807, 2.05) is 36.4 Å². The minimum Gasteiger partial charge on any atom is -0.497 e. The smallest absolute Gasteiger partial charge is 0.325 e. The fraction of sp³-hybridized carbons (Fsp3) is 0.455. The summed E-state index contributed by atoms with van der Waals surface area (Å²) in [4.78, 5) is 28.9. The van der Waals surface area contributed by atoms with Crippen LogP contribution in [0.3, 0.4) is 0 Å². The van der Waals surface area contributed by atoms with Gasteiger partial charge < -0.3 is 19.9 Å². The predicted molar refractivity (Wildman–Crippen MR) is 111 cm³/mol. The number of rotatable bonds is 6. The first-order valence-electron chi connectivity index (χ1n) is 10.1. The van der Waals surface area contributed by atoms with Crippen molar-refractivity contribution in [3.05, 3.63) is 42.0 Å². The highest BCUT2D eigenvalue weighted by atomic mass is 16.5. The Balaban J connectivity index is 1.51. The molecule has 2 aliphatic rings. The number of ether oxygens (including phenoxy) is 2. The molecule has 0 radical (unpaired) electrons. The molecule has 2 heterocycles. The fourth-order valence-corrected chi connectivity index (χ4v) is 4.07. The van der Waals surface area contributed by atoms with Gasteiger partial charge in [0.1, 0.15) is 11.3 Å². The lowest BCUT2D eigenvalue weighted by Crippen LogP contribution is -2.46. The van der Waals surface area contributed by atoms with Crippen LogP contribution in [-0.4, -0.2) is 79.5 Å². The predicted octanol–water partition coefficient (Wildman–Crippen LogP) is 1.31. The van der Waals surface area contributed by atoms with E-state index in [2.05, 4.69) is 10.2 Å². The quantitative estimate of drug-likeness (QED) is 0.694. The number of aliphatic hydroxyl groups excluding tert-OH is 1. The van der Waals surface area contributed by atoms with Crippen LogP contribution in [-0.2, 0) is 15.1 Å². The van der Waals surface area contributed by atoms with Gasteiger partial charge in [-0.15, -0.1) is 0 Å². The number of nitrogens with one attached hydrogen (secondary N) is 1. The number of methoxy groups -OCH3 is 1. The zero-order valence-corrected chi connectivity index (χ0v) is 17.3. The number of morpholine rings is 1. The number of imide groups is 1. The maximum atomic E-state index is 13.2. The number of fused-ring (bicyclic) bond motifs is 1. The van der Waals surface area contributed by atoms with Crippen molar-refractivity contribution < 1.29 is 24.2 Å². The van der Waals surface area contributed by atoms with Crippen molar-refractivity contribution in [1.29, 1.82) is 0 Å². The van der Waals surface area contributed by atoms with E-state index in [4.69, 9.17) is 9.47 Å². The van der Waals surface area contributed by atoms with Gasteiger partial charge >= 0.3 is 6.03 Å². The number of hydrogen-bond donors (Lipinski definition) is 2. The van der Waals surface area contributed by atoms with Gasteiger partial charge in [-0.1, -0.05) is 18.2 Å². The Morgan fingerprint density at radius 3 is 2.57 bits per heavy atom.